The first kappa shape index (κ1) is 22.5. The van der Waals surface area contributed by atoms with Crippen molar-refractivity contribution in [2.24, 2.45) is 0 Å². The fourth-order valence-electron chi connectivity index (χ4n) is 4.19. The van der Waals surface area contributed by atoms with Gasteiger partial charge in [0.25, 0.3) is 0 Å². The zero-order valence-electron chi connectivity index (χ0n) is 18.9. The second-order valence-electron chi connectivity index (χ2n) is 8.20. The van der Waals surface area contributed by atoms with Crippen LogP contribution in [0.25, 0.3) is 11.3 Å². The van der Waals surface area contributed by atoms with Gasteiger partial charge in [-0.15, -0.1) is 0 Å². The summed E-state index contributed by atoms with van der Waals surface area (Å²) in [7, 11) is 1.65. The van der Waals surface area contributed by atoms with Crippen LogP contribution in [0.5, 0.6) is 5.75 Å². The zero-order valence-corrected chi connectivity index (χ0v) is 18.9. The summed E-state index contributed by atoms with van der Waals surface area (Å²) >= 11 is 0. The molecule has 0 spiro atoms. The van der Waals surface area contributed by atoms with Crippen molar-refractivity contribution in [2.45, 2.75) is 32.5 Å². The molecule has 0 bridgehead atoms. The van der Waals surface area contributed by atoms with Crippen molar-refractivity contribution in [1.82, 2.24) is 25.7 Å². The fourth-order valence-corrected chi connectivity index (χ4v) is 4.19. The Labute approximate surface area is 193 Å². The van der Waals surface area contributed by atoms with Gasteiger partial charge in [-0.25, -0.2) is 0 Å². The van der Waals surface area contributed by atoms with Crippen molar-refractivity contribution >= 4 is 11.8 Å². The van der Waals surface area contributed by atoms with E-state index in [0.29, 0.717) is 26.2 Å². The topological polar surface area (TPSA) is 99.3 Å². The van der Waals surface area contributed by atoms with E-state index in [4.69, 9.17) is 4.74 Å². The SMILES string of the molecule is COc1ccc(CN2CCNC(=O)C2CC(=O)NCc2cn[nH]c2-c2ccccc2)cc1C. The maximum atomic E-state index is 12.8. The van der Waals surface area contributed by atoms with Crippen LogP contribution in [-0.4, -0.2) is 53.2 Å². The van der Waals surface area contributed by atoms with Gasteiger partial charge in [0.2, 0.25) is 11.8 Å². The summed E-state index contributed by atoms with van der Waals surface area (Å²) in [6.45, 7) is 4.19. The Kier molecular flexibility index (Phi) is 7.04. The van der Waals surface area contributed by atoms with Crippen molar-refractivity contribution in [3.05, 3.63) is 71.4 Å². The molecule has 1 fully saturated rings. The predicted octanol–water partition coefficient (Wildman–Crippen LogP) is 2.40. The summed E-state index contributed by atoms with van der Waals surface area (Å²) in [5.74, 6) is 0.545. The number of carbonyl (C=O) groups is 2. The summed E-state index contributed by atoms with van der Waals surface area (Å²) in [5.41, 5.74) is 4.90. The van der Waals surface area contributed by atoms with Gasteiger partial charge < -0.3 is 15.4 Å². The number of aromatic amines is 1. The number of methoxy groups -OCH3 is 1. The van der Waals surface area contributed by atoms with Crippen molar-refractivity contribution in [2.75, 3.05) is 20.2 Å². The average molecular weight is 448 g/mol. The van der Waals surface area contributed by atoms with Crippen LogP contribution in [-0.2, 0) is 22.7 Å². The number of rotatable bonds is 8. The van der Waals surface area contributed by atoms with Crippen LogP contribution in [0, 0.1) is 6.92 Å². The second-order valence-corrected chi connectivity index (χ2v) is 8.20. The van der Waals surface area contributed by atoms with E-state index in [1.165, 1.54) is 0 Å². The first-order valence-corrected chi connectivity index (χ1v) is 11.0. The molecule has 2 aromatic carbocycles. The highest BCUT2D eigenvalue weighted by Gasteiger charge is 2.31. The minimum atomic E-state index is -0.515. The number of nitrogens with one attached hydrogen (secondary N) is 3. The minimum Gasteiger partial charge on any atom is -0.496 e. The van der Waals surface area contributed by atoms with Crippen LogP contribution < -0.4 is 15.4 Å². The lowest BCUT2D eigenvalue weighted by atomic mass is 10.0. The van der Waals surface area contributed by atoms with E-state index in [1.807, 2.05) is 49.4 Å². The summed E-state index contributed by atoms with van der Waals surface area (Å²) in [6, 6.07) is 15.3. The van der Waals surface area contributed by atoms with Gasteiger partial charge in [-0.2, -0.15) is 5.10 Å². The smallest absolute Gasteiger partial charge is 0.237 e. The number of hydrogen-bond donors (Lipinski definition) is 3. The number of H-pyrrole nitrogens is 1. The molecular formula is C25H29N5O3. The number of nitrogens with zero attached hydrogens (tertiary/aromatic N) is 2. The normalized spacial score (nSPS) is 16.3. The van der Waals surface area contributed by atoms with Crippen LogP contribution in [0.15, 0.2) is 54.7 Å². The lowest BCUT2D eigenvalue weighted by Gasteiger charge is -2.34. The number of hydrogen-bond acceptors (Lipinski definition) is 5. The van der Waals surface area contributed by atoms with E-state index in [1.54, 1.807) is 13.3 Å². The zero-order chi connectivity index (χ0) is 23.2. The van der Waals surface area contributed by atoms with Gasteiger partial charge in [0.1, 0.15) is 5.75 Å². The van der Waals surface area contributed by atoms with Crippen molar-refractivity contribution in [3.8, 4) is 17.0 Å². The highest BCUT2D eigenvalue weighted by Crippen LogP contribution is 2.22. The molecule has 172 valence electrons. The van der Waals surface area contributed by atoms with E-state index in [2.05, 4.69) is 31.8 Å². The van der Waals surface area contributed by atoms with Gasteiger partial charge in [0.05, 0.1) is 31.5 Å². The first-order valence-electron chi connectivity index (χ1n) is 11.0. The molecule has 3 aromatic rings. The van der Waals surface area contributed by atoms with Crippen LogP contribution in [0.2, 0.25) is 0 Å². The van der Waals surface area contributed by atoms with Crippen molar-refractivity contribution < 1.29 is 14.3 Å². The predicted molar refractivity (Wildman–Crippen MR) is 125 cm³/mol. The molecule has 1 saturated heterocycles. The van der Waals surface area contributed by atoms with Crippen LogP contribution >= 0.6 is 0 Å². The molecule has 0 aliphatic carbocycles. The Morgan fingerprint density at radius 2 is 2.06 bits per heavy atom. The summed E-state index contributed by atoms with van der Waals surface area (Å²) < 4.78 is 5.34. The van der Waals surface area contributed by atoms with Gasteiger partial charge in [-0.1, -0.05) is 42.5 Å². The number of carbonyl (C=O) groups excluding carboxylic acids is 2. The molecule has 8 nitrogen and oxygen atoms in total. The van der Waals surface area contributed by atoms with Gasteiger partial charge in [0, 0.05) is 31.7 Å². The number of amides is 2. The van der Waals surface area contributed by atoms with E-state index in [0.717, 1.165) is 33.7 Å². The number of aromatic nitrogens is 2. The van der Waals surface area contributed by atoms with Crippen LogP contribution in [0.1, 0.15) is 23.1 Å². The largest absolute Gasteiger partial charge is 0.496 e. The Hall–Kier alpha value is -3.65. The van der Waals surface area contributed by atoms with E-state index in [9.17, 15) is 9.59 Å². The molecule has 1 aromatic heterocycles. The molecule has 1 aliphatic heterocycles. The number of piperazine rings is 1. The Bertz CT molecular complexity index is 1110. The van der Waals surface area contributed by atoms with Crippen LogP contribution in [0.4, 0.5) is 0 Å². The second kappa shape index (κ2) is 10.3. The van der Waals surface area contributed by atoms with E-state index in [-0.39, 0.29) is 18.2 Å². The third kappa shape index (κ3) is 5.40. The molecule has 1 aliphatic rings. The maximum absolute atomic E-state index is 12.8. The molecule has 33 heavy (non-hydrogen) atoms. The molecule has 2 heterocycles. The Morgan fingerprint density at radius 1 is 1.24 bits per heavy atom. The number of benzene rings is 2. The molecule has 2 amide bonds. The number of aryl methyl sites for hydroxylation is 1. The molecule has 0 radical (unpaired) electrons. The maximum Gasteiger partial charge on any atom is 0.237 e. The molecular weight excluding hydrogens is 418 g/mol. The molecule has 8 heteroatoms. The van der Waals surface area contributed by atoms with E-state index >= 15 is 0 Å². The highest BCUT2D eigenvalue weighted by atomic mass is 16.5. The minimum absolute atomic E-state index is 0.0967. The van der Waals surface area contributed by atoms with E-state index < -0.39 is 6.04 Å². The summed E-state index contributed by atoms with van der Waals surface area (Å²) in [4.78, 5) is 27.4. The van der Waals surface area contributed by atoms with Crippen LogP contribution in [0.3, 0.4) is 0 Å². The third-order valence-corrected chi connectivity index (χ3v) is 5.92. The average Bonchev–Trinajstić information content (AvgIpc) is 3.29. The quantitative estimate of drug-likeness (QED) is 0.493. The number of ether oxygens (including phenoxy) is 1. The van der Waals surface area contributed by atoms with Gasteiger partial charge in [-0.3, -0.25) is 19.6 Å². The third-order valence-electron chi connectivity index (χ3n) is 5.92. The molecule has 0 saturated carbocycles. The fraction of sp³-hybridized carbons (Fsp3) is 0.320. The van der Waals surface area contributed by atoms with Gasteiger partial charge >= 0.3 is 0 Å². The summed E-state index contributed by atoms with van der Waals surface area (Å²) in [6.07, 6.45) is 1.81. The Balaban J connectivity index is 1.39. The molecule has 3 N–H and O–H groups in total. The van der Waals surface area contributed by atoms with Gasteiger partial charge in [-0.05, 0) is 29.7 Å². The monoisotopic (exact) mass is 447 g/mol. The Morgan fingerprint density at radius 3 is 2.82 bits per heavy atom. The van der Waals surface area contributed by atoms with Crippen molar-refractivity contribution in [3.63, 3.8) is 0 Å². The lowest BCUT2D eigenvalue weighted by Crippen LogP contribution is -2.56. The summed E-state index contributed by atoms with van der Waals surface area (Å²) in [5, 5.41) is 13.0. The molecule has 1 atom stereocenters. The van der Waals surface area contributed by atoms with Crippen molar-refractivity contribution in [1.29, 1.82) is 0 Å². The lowest BCUT2D eigenvalue weighted by molar-refractivity contribution is -0.134. The first-order chi connectivity index (χ1) is 16.0. The molecule has 4 rings (SSSR count). The van der Waals surface area contributed by atoms with Gasteiger partial charge in [0.15, 0.2) is 0 Å². The highest BCUT2D eigenvalue weighted by molar-refractivity contribution is 5.88. The standard InChI is InChI=1S/C25H29N5O3/c1-17-12-18(8-9-22(17)33-2)16-30-11-10-26-25(32)21(30)13-23(31)27-14-20-15-28-29-24(20)19-6-4-3-5-7-19/h3-9,12,15,21H,10-11,13-14,16H2,1-2H3,(H,26,32)(H,27,31)(H,28,29). The molecule has 1 unspecified atom stereocenters.